The Morgan fingerprint density at radius 2 is 2.05 bits per heavy atom. The summed E-state index contributed by atoms with van der Waals surface area (Å²) >= 11 is 4.55. The van der Waals surface area contributed by atoms with Crippen molar-refractivity contribution in [3.8, 4) is 0 Å². The lowest BCUT2D eigenvalue weighted by atomic mass is 10.0. The summed E-state index contributed by atoms with van der Waals surface area (Å²) in [5, 5.41) is 24.8. The zero-order valence-corrected chi connectivity index (χ0v) is 13.6. The number of aliphatic hydroxyl groups is 2. The van der Waals surface area contributed by atoms with Gasteiger partial charge >= 0.3 is 6.09 Å². The van der Waals surface area contributed by atoms with Crippen molar-refractivity contribution in [1.29, 1.82) is 0 Å². The van der Waals surface area contributed by atoms with Crippen LogP contribution in [0.1, 0.15) is 32.4 Å². The van der Waals surface area contributed by atoms with Crippen LogP contribution in [0.3, 0.4) is 0 Å². The van der Waals surface area contributed by atoms with Crippen molar-refractivity contribution in [2.75, 3.05) is 6.54 Å². The summed E-state index contributed by atoms with van der Waals surface area (Å²) in [6, 6.07) is 6.70. The molecule has 22 heavy (non-hydrogen) atoms. The number of para-hydroxylation sites is 1. The van der Waals surface area contributed by atoms with E-state index in [1.807, 2.05) is 0 Å². The smallest absolute Gasteiger partial charge is 0.407 e. The maximum atomic E-state index is 11.5. The zero-order chi connectivity index (χ0) is 16.8. The summed E-state index contributed by atoms with van der Waals surface area (Å²) in [5.41, 5.74) is 0.188. The van der Waals surface area contributed by atoms with Gasteiger partial charge in [-0.2, -0.15) is 4.99 Å². The SMILES string of the molecule is CC(C)(C)OC(=O)NCC(O)C(O)c1ccccc1N=C=S. The van der Waals surface area contributed by atoms with Gasteiger partial charge < -0.3 is 20.3 Å². The van der Waals surface area contributed by atoms with Gasteiger partial charge in [-0.1, -0.05) is 18.2 Å². The molecule has 7 heteroatoms. The van der Waals surface area contributed by atoms with Crippen molar-refractivity contribution in [3.63, 3.8) is 0 Å². The molecule has 0 radical (unpaired) electrons. The Balaban J connectivity index is 2.68. The lowest BCUT2D eigenvalue weighted by molar-refractivity contribution is 0.0132. The van der Waals surface area contributed by atoms with Crippen LogP contribution in [0.15, 0.2) is 29.3 Å². The average Bonchev–Trinajstić information content (AvgIpc) is 2.43. The maximum Gasteiger partial charge on any atom is 0.407 e. The molecule has 2 atom stereocenters. The lowest BCUT2D eigenvalue weighted by Gasteiger charge is -2.22. The fraction of sp³-hybridized carbons (Fsp3) is 0.467. The molecule has 0 aromatic heterocycles. The molecule has 2 unspecified atom stereocenters. The number of carbonyl (C=O) groups is 1. The van der Waals surface area contributed by atoms with Crippen LogP contribution in [-0.4, -0.2) is 39.7 Å². The maximum absolute atomic E-state index is 11.5. The molecule has 1 aromatic rings. The number of benzene rings is 1. The van der Waals surface area contributed by atoms with Crippen LogP contribution >= 0.6 is 12.2 Å². The molecule has 0 saturated heterocycles. The van der Waals surface area contributed by atoms with Crippen LogP contribution in [0, 0.1) is 0 Å². The van der Waals surface area contributed by atoms with E-state index >= 15 is 0 Å². The van der Waals surface area contributed by atoms with E-state index in [9.17, 15) is 15.0 Å². The summed E-state index contributed by atoms with van der Waals surface area (Å²) in [4.78, 5) is 15.4. The molecule has 0 bridgehead atoms. The normalized spacial score (nSPS) is 13.7. The number of hydrogen-bond acceptors (Lipinski definition) is 6. The molecule has 0 heterocycles. The van der Waals surface area contributed by atoms with Gasteiger partial charge in [-0.25, -0.2) is 4.79 Å². The summed E-state index contributed by atoms with van der Waals surface area (Å²) in [6.07, 6.45) is -3.10. The number of hydrogen-bond donors (Lipinski definition) is 3. The molecule has 1 rings (SSSR count). The molecule has 6 nitrogen and oxygen atoms in total. The van der Waals surface area contributed by atoms with Gasteiger partial charge in [0.2, 0.25) is 0 Å². The van der Waals surface area contributed by atoms with E-state index < -0.39 is 23.9 Å². The Hall–Kier alpha value is -1.79. The molecule has 0 spiro atoms. The molecular weight excluding hydrogens is 304 g/mol. The fourth-order valence-corrected chi connectivity index (χ4v) is 1.81. The van der Waals surface area contributed by atoms with Crippen LogP contribution in [0.2, 0.25) is 0 Å². The second kappa shape index (κ2) is 8.00. The Morgan fingerprint density at radius 3 is 2.64 bits per heavy atom. The third-order valence-electron chi connectivity index (χ3n) is 2.64. The van der Waals surface area contributed by atoms with Crippen LogP contribution in [0.25, 0.3) is 0 Å². The van der Waals surface area contributed by atoms with E-state index in [-0.39, 0.29) is 6.54 Å². The van der Waals surface area contributed by atoms with Crippen LogP contribution < -0.4 is 5.32 Å². The van der Waals surface area contributed by atoms with Crippen LogP contribution in [-0.2, 0) is 4.74 Å². The van der Waals surface area contributed by atoms with Crippen molar-refractivity contribution in [2.45, 2.75) is 38.6 Å². The molecule has 3 N–H and O–H groups in total. The largest absolute Gasteiger partial charge is 0.444 e. The highest BCUT2D eigenvalue weighted by molar-refractivity contribution is 7.78. The molecular formula is C15H20N2O4S. The Kier molecular flexibility index (Phi) is 6.64. The van der Waals surface area contributed by atoms with E-state index in [4.69, 9.17) is 4.74 Å². The number of ether oxygens (including phenoxy) is 1. The van der Waals surface area contributed by atoms with Crippen LogP contribution in [0.4, 0.5) is 10.5 Å². The molecule has 0 fully saturated rings. The van der Waals surface area contributed by atoms with E-state index in [1.165, 1.54) is 0 Å². The van der Waals surface area contributed by atoms with Gasteiger partial charge in [0.15, 0.2) is 0 Å². The number of nitrogens with one attached hydrogen (secondary N) is 1. The molecule has 1 amide bonds. The standard InChI is InChI=1S/C15H20N2O4S/c1-15(2,3)21-14(20)16-8-12(18)13(19)10-6-4-5-7-11(10)17-9-22/h4-7,12-13,18-19H,8H2,1-3H3,(H,16,20). The van der Waals surface area contributed by atoms with Gasteiger partial charge in [0, 0.05) is 12.1 Å². The van der Waals surface area contributed by atoms with Crippen molar-refractivity contribution >= 4 is 29.2 Å². The number of rotatable bonds is 5. The van der Waals surface area contributed by atoms with E-state index in [0.29, 0.717) is 11.3 Å². The Labute approximate surface area is 134 Å². The van der Waals surface area contributed by atoms with Crippen molar-refractivity contribution in [1.82, 2.24) is 5.32 Å². The molecule has 0 saturated carbocycles. The predicted molar refractivity (Wildman–Crippen MR) is 86.3 cm³/mol. The predicted octanol–water partition coefficient (Wildman–Crippen LogP) is 2.34. The highest BCUT2D eigenvalue weighted by Crippen LogP contribution is 2.27. The lowest BCUT2D eigenvalue weighted by Crippen LogP contribution is -2.38. The quantitative estimate of drug-likeness (QED) is 0.571. The van der Waals surface area contributed by atoms with Gasteiger partial charge in [0.1, 0.15) is 17.8 Å². The topological polar surface area (TPSA) is 91.2 Å². The molecule has 0 aliphatic rings. The number of amides is 1. The molecule has 0 aliphatic heterocycles. The first kappa shape index (κ1) is 18.3. The monoisotopic (exact) mass is 324 g/mol. The fourth-order valence-electron chi connectivity index (χ4n) is 1.71. The van der Waals surface area contributed by atoms with Crippen molar-refractivity contribution < 1.29 is 19.7 Å². The number of alkyl carbamates (subject to hydrolysis) is 1. The highest BCUT2D eigenvalue weighted by Gasteiger charge is 2.23. The van der Waals surface area contributed by atoms with E-state index in [2.05, 4.69) is 27.7 Å². The van der Waals surface area contributed by atoms with Crippen molar-refractivity contribution in [3.05, 3.63) is 29.8 Å². The van der Waals surface area contributed by atoms with Crippen molar-refractivity contribution in [2.24, 2.45) is 4.99 Å². The Morgan fingerprint density at radius 1 is 1.41 bits per heavy atom. The van der Waals surface area contributed by atoms with Gasteiger partial charge in [-0.05, 0) is 39.1 Å². The molecule has 0 aliphatic carbocycles. The second-order valence-electron chi connectivity index (χ2n) is 5.66. The molecule has 120 valence electrons. The second-order valence-corrected chi connectivity index (χ2v) is 5.84. The minimum Gasteiger partial charge on any atom is -0.444 e. The van der Waals surface area contributed by atoms with Gasteiger partial charge in [-0.3, -0.25) is 0 Å². The minimum atomic E-state index is -1.22. The van der Waals surface area contributed by atoms with E-state index in [1.54, 1.807) is 45.0 Å². The molecule has 1 aromatic carbocycles. The van der Waals surface area contributed by atoms with Gasteiger partial charge in [-0.15, -0.1) is 0 Å². The first-order valence-electron chi connectivity index (χ1n) is 6.74. The van der Waals surface area contributed by atoms with Gasteiger partial charge in [0.05, 0.1) is 10.8 Å². The number of carbonyl (C=O) groups excluding carboxylic acids is 1. The first-order valence-corrected chi connectivity index (χ1v) is 7.15. The summed E-state index contributed by atoms with van der Waals surface area (Å²) in [5.74, 6) is 0. The summed E-state index contributed by atoms with van der Waals surface area (Å²) in [7, 11) is 0. The first-order chi connectivity index (χ1) is 10.2. The number of aliphatic imine (C=N–C) groups is 1. The van der Waals surface area contributed by atoms with Gasteiger partial charge in [0.25, 0.3) is 0 Å². The summed E-state index contributed by atoms with van der Waals surface area (Å²) < 4.78 is 5.05. The summed E-state index contributed by atoms with van der Waals surface area (Å²) in [6.45, 7) is 5.04. The van der Waals surface area contributed by atoms with Crippen LogP contribution in [0.5, 0.6) is 0 Å². The Bertz CT molecular complexity index is 565. The zero-order valence-electron chi connectivity index (χ0n) is 12.7. The third-order valence-corrected chi connectivity index (χ3v) is 2.73. The average molecular weight is 324 g/mol. The van der Waals surface area contributed by atoms with E-state index in [0.717, 1.165) is 0 Å². The highest BCUT2D eigenvalue weighted by atomic mass is 32.1. The third kappa shape index (κ3) is 5.91. The number of nitrogens with zero attached hydrogens (tertiary/aromatic N) is 1. The number of thiocarbonyl (C=S) groups is 1. The number of aliphatic hydroxyl groups excluding tert-OH is 2. The minimum absolute atomic E-state index is 0.161. The number of isothiocyanates is 1.